The largest absolute Gasteiger partial charge is 0.497 e. The third-order valence-electron chi connectivity index (χ3n) is 6.40. The van der Waals surface area contributed by atoms with Gasteiger partial charge in [0, 0.05) is 30.8 Å². The number of ether oxygens (including phenoxy) is 1. The molecule has 5 rings (SSSR count). The van der Waals surface area contributed by atoms with Gasteiger partial charge in [0.15, 0.2) is 0 Å². The van der Waals surface area contributed by atoms with Crippen molar-refractivity contribution in [3.05, 3.63) is 102 Å². The minimum atomic E-state index is -0.0518. The molecule has 1 fully saturated rings. The zero-order valence-electron chi connectivity index (χ0n) is 19.9. The van der Waals surface area contributed by atoms with Crippen LogP contribution in [0.25, 0.3) is 11.3 Å². The molecule has 1 aliphatic heterocycles. The van der Waals surface area contributed by atoms with E-state index in [0.717, 1.165) is 59.9 Å². The number of methoxy groups -OCH3 is 1. The number of amides is 1. The van der Waals surface area contributed by atoms with Gasteiger partial charge in [-0.2, -0.15) is 0 Å². The Morgan fingerprint density at radius 1 is 0.914 bits per heavy atom. The summed E-state index contributed by atoms with van der Waals surface area (Å²) in [6.45, 7) is 2.73. The van der Waals surface area contributed by atoms with E-state index in [4.69, 9.17) is 9.26 Å². The average Bonchev–Trinajstić information content (AvgIpc) is 3.59. The normalized spacial score (nSPS) is 13.1. The van der Waals surface area contributed by atoms with Gasteiger partial charge in [-0.3, -0.25) is 4.79 Å². The number of aromatic nitrogens is 1. The molecule has 0 spiro atoms. The zero-order valence-corrected chi connectivity index (χ0v) is 19.9. The van der Waals surface area contributed by atoms with Gasteiger partial charge < -0.3 is 19.1 Å². The molecule has 0 atom stereocenters. The highest BCUT2D eigenvalue weighted by molar-refractivity contribution is 5.94. The van der Waals surface area contributed by atoms with Crippen LogP contribution in [0.4, 0.5) is 5.88 Å². The molecule has 178 valence electrons. The van der Waals surface area contributed by atoms with Crippen molar-refractivity contribution in [3.63, 3.8) is 0 Å². The molecule has 35 heavy (non-hydrogen) atoms. The van der Waals surface area contributed by atoms with E-state index in [1.807, 2.05) is 89.8 Å². The summed E-state index contributed by atoms with van der Waals surface area (Å²) in [7, 11) is 1.62. The first-order valence-corrected chi connectivity index (χ1v) is 12.0. The molecule has 1 amide bonds. The van der Waals surface area contributed by atoms with Crippen LogP contribution >= 0.6 is 0 Å². The minimum Gasteiger partial charge on any atom is -0.497 e. The molecule has 0 saturated carbocycles. The van der Waals surface area contributed by atoms with E-state index in [0.29, 0.717) is 18.7 Å². The third kappa shape index (κ3) is 5.06. The second kappa shape index (κ2) is 10.5. The van der Waals surface area contributed by atoms with Crippen molar-refractivity contribution in [2.75, 3.05) is 25.1 Å². The lowest BCUT2D eigenvalue weighted by molar-refractivity contribution is 0.0730. The van der Waals surface area contributed by atoms with Gasteiger partial charge in [-0.25, -0.2) is 0 Å². The lowest BCUT2D eigenvalue weighted by Gasteiger charge is -2.25. The maximum absolute atomic E-state index is 13.8. The van der Waals surface area contributed by atoms with Crippen molar-refractivity contribution in [2.24, 2.45) is 0 Å². The van der Waals surface area contributed by atoms with Crippen LogP contribution in [-0.2, 0) is 13.1 Å². The van der Waals surface area contributed by atoms with Gasteiger partial charge >= 0.3 is 0 Å². The Morgan fingerprint density at radius 3 is 2.23 bits per heavy atom. The van der Waals surface area contributed by atoms with E-state index in [1.165, 1.54) is 0 Å². The molecule has 0 N–H and O–H groups in total. The van der Waals surface area contributed by atoms with Crippen molar-refractivity contribution >= 4 is 11.8 Å². The van der Waals surface area contributed by atoms with E-state index >= 15 is 0 Å². The fraction of sp³-hybridized carbons (Fsp3) is 0.241. The first-order valence-electron chi connectivity index (χ1n) is 12.0. The van der Waals surface area contributed by atoms with E-state index in [-0.39, 0.29) is 5.91 Å². The summed E-state index contributed by atoms with van der Waals surface area (Å²) in [6, 6.07) is 27.4. The number of hydrogen-bond donors (Lipinski definition) is 0. The van der Waals surface area contributed by atoms with Crippen LogP contribution < -0.4 is 9.64 Å². The van der Waals surface area contributed by atoms with Crippen molar-refractivity contribution in [1.82, 2.24) is 10.1 Å². The Hall–Kier alpha value is -4.06. The SMILES string of the molecule is COc1ccc(C(=O)N(Cc2ccccc2)Cc2c(-c3ccccc3)noc2N2CCCC2)cc1. The lowest BCUT2D eigenvalue weighted by atomic mass is 10.1. The second-order valence-corrected chi connectivity index (χ2v) is 8.75. The van der Waals surface area contributed by atoms with Crippen LogP contribution in [-0.4, -0.2) is 36.2 Å². The number of hydrogen-bond acceptors (Lipinski definition) is 5. The molecule has 3 aromatic carbocycles. The van der Waals surface area contributed by atoms with Crippen LogP contribution in [0, 0.1) is 0 Å². The van der Waals surface area contributed by atoms with E-state index in [1.54, 1.807) is 7.11 Å². The summed E-state index contributed by atoms with van der Waals surface area (Å²) in [5.41, 5.74) is 4.38. The molecule has 1 aliphatic rings. The molecule has 0 aliphatic carbocycles. The number of anilines is 1. The minimum absolute atomic E-state index is 0.0518. The predicted octanol–water partition coefficient (Wildman–Crippen LogP) is 5.79. The third-order valence-corrected chi connectivity index (χ3v) is 6.40. The van der Waals surface area contributed by atoms with Crippen LogP contribution in [0.15, 0.2) is 89.5 Å². The van der Waals surface area contributed by atoms with E-state index in [2.05, 4.69) is 10.1 Å². The Kier molecular flexibility index (Phi) is 6.80. The Labute approximate surface area is 205 Å². The smallest absolute Gasteiger partial charge is 0.254 e. The van der Waals surface area contributed by atoms with Gasteiger partial charge in [0.2, 0.25) is 5.88 Å². The highest BCUT2D eigenvalue weighted by Gasteiger charge is 2.28. The number of benzene rings is 3. The van der Waals surface area contributed by atoms with Crippen molar-refractivity contribution < 1.29 is 14.1 Å². The van der Waals surface area contributed by atoms with Gasteiger partial charge in [0.25, 0.3) is 5.91 Å². The molecule has 6 nitrogen and oxygen atoms in total. The summed E-state index contributed by atoms with van der Waals surface area (Å²) >= 11 is 0. The fourth-order valence-electron chi connectivity index (χ4n) is 4.54. The quantitative estimate of drug-likeness (QED) is 0.328. The molecular formula is C29H29N3O3. The number of nitrogens with zero attached hydrogens (tertiary/aromatic N) is 3. The molecule has 0 bridgehead atoms. The zero-order chi connectivity index (χ0) is 24.0. The Bertz CT molecular complexity index is 1250. The molecule has 2 heterocycles. The van der Waals surface area contributed by atoms with Gasteiger partial charge in [-0.15, -0.1) is 0 Å². The van der Waals surface area contributed by atoms with E-state index < -0.39 is 0 Å². The second-order valence-electron chi connectivity index (χ2n) is 8.75. The molecule has 1 saturated heterocycles. The molecule has 4 aromatic rings. The Morgan fingerprint density at radius 2 is 1.57 bits per heavy atom. The average molecular weight is 468 g/mol. The first kappa shape index (κ1) is 22.7. The highest BCUT2D eigenvalue weighted by Crippen LogP contribution is 2.34. The number of rotatable bonds is 8. The van der Waals surface area contributed by atoms with E-state index in [9.17, 15) is 4.79 Å². The summed E-state index contributed by atoms with van der Waals surface area (Å²) in [4.78, 5) is 17.9. The van der Waals surface area contributed by atoms with Crippen LogP contribution in [0.1, 0.15) is 34.3 Å². The Balaban J connectivity index is 1.54. The lowest BCUT2D eigenvalue weighted by Crippen LogP contribution is -2.31. The van der Waals surface area contributed by atoms with Gasteiger partial charge in [0.1, 0.15) is 11.4 Å². The maximum atomic E-state index is 13.8. The van der Waals surface area contributed by atoms with Gasteiger partial charge in [-0.05, 0) is 42.7 Å². The van der Waals surface area contributed by atoms with Crippen molar-refractivity contribution in [1.29, 1.82) is 0 Å². The van der Waals surface area contributed by atoms with Crippen molar-refractivity contribution in [3.8, 4) is 17.0 Å². The van der Waals surface area contributed by atoms with Gasteiger partial charge in [-0.1, -0.05) is 65.8 Å². The number of carbonyl (C=O) groups excluding carboxylic acids is 1. The topological polar surface area (TPSA) is 58.8 Å². The first-order chi connectivity index (χ1) is 17.2. The summed E-state index contributed by atoms with van der Waals surface area (Å²) in [5.74, 6) is 1.43. The molecule has 0 radical (unpaired) electrons. The van der Waals surface area contributed by atoms with Crippen LogP contribution in [0.2, 0.25) is 0 Å². The monoisotopic (exact) mass is 467 g/mol. The molecule has 1 aromatic heterocycles. The molecular weight excluding hydrogens is 438 g/mol. The van der Waals surface area contributed by atoms with Gasteiger partial charge in [0.05, 0.1) is 19.2 Å². The summed E-state index contributed by atoms with van der Waals surface area (Å²) in [5, 5.41) is 4.47. The van der Waals surface area contributed by atoms with Crippen LogP contribution in [0.5, 0.6) is 5.75 Å². The highest BCUT2D eigenvalue weighted by atomic mass is 16.5. The number of carbonyl (C=O) groups is 1. The standard InChI is InChI=1S/C29H29N3O3/c1-34-25-16-14-24(15-17-25)28(33)32(20-22-10-4-2-5-11-22)21-26-27(23-12-6-3-7-13-23)30-35-29(26)31-18-8-9-19-31/h2-7,10-17H,8-9,18-21H2,1H3. The molecule has 6 heteroatoms. The fourth-order valence-corrected chi connectivity index (χ4v) is 4.54. The maximum Gasteiger partial charge on any atom is 0.254 e. The van der Waals surface area contributed by atoms with Crippen LogP contribution in [0.3, 0.4) is 0 Å². The summed E-state index contributed by atoms with van der Waals surface area (Å²) < 4.78 is 11.2. The summed E-state index contributed by atoms with van der Waals surface area (Å²) in [6.07, 6.45) is 2.25. The van der Waals surface area contributed by atoms with Crippen molar-refractivity contribution in [2.45, 2.75) is 25.9 Å². The molecule has 0 unspecified atom stereocenters. The predicted molar refractivity (Wildman–Crippen MR) is 136 cm³/mol.